The number of aliphatic hydroxyl groups excluding tert-OH is 1. The van der Waals surface area contributed by atoms with Crippen molar-refractivity contribution in [3.63, 3.8) is 0 Å². The lowest BCUT2D eigenvalue weighted by Crippen LogP contribution is -2.54. The van der Waals surface area contributed by atoms with Gasteiger partial charge in [0.05, 0.1) is 32.2 Å². The van der Waals surface area contributed by atoms with E-state index in [1.54, 1.807) is 11.8 Å². The number of nitrogens with one attached hydrogen (secondary N) is 2. The van der Waals surface area contributed by atoms with Gasteiger partial charge >= 0.3 is 17.9 Å². The molecule has 0 bridgehead atoms. The predicted molar refractivity (Wildman–Crippen MR) is 165 cm³/mol. The van der Waals surface area contributed by atoms with Gasteiger partial charge in [-0.1, -0.05) is 13.8 Å². The number of amides is 3. The molecule has 3 unspecified atom stereocenters. The Morgan fingerprint density at radius 1 is 0.761 bits per heavy atom. The van der Waals surface area contributed by atoms with Crippen molar-refractivity contribution in [1.29, 1.82) is 0 Å². The van der Waals surface area contributed by atoms with Crippen molar-refractivity contribution >= 4 is 41.9 Å². The highest BCUT2D eigenvalue weighted by Gasteiger charge is 2.29. The number of hydrogen-bond donors (Lipinski definition) is 7. The number of rotatable bonds is 17. The topological polar surface area (TPSA) is 263 Å². The summed E-state index contributed by atoms with van der Waals surface area (Å²) in [5, 5.41) is 41.2. The SMILES string of the molecule is CCCC(=O)C(NC(=O)C(CC(N)=O)NC=O)C(C)O.CCN1CCN(CC(=O)O)CCN(CC(=O)O)CCN(CC(=O)O)CC1. The lowest BCUT2D eigenvalue weighted by molar-refractivity contribution is -0.140. The Balaban J connectivity index is 0.000000914. The van der Waals surface area contributed by atoms with Crippen LogP contribution in [0.4, 0.5) is 0 Å². The molecule has 1 rings (SSSR count). The van der Waals surface area contributed by atoms with Crippen LogP contribution in [0.15, 0.2) is 0 Å². The van der Waals surface area contributed by atoms with E-state index in [4.69, 9.17) is 21.1 Å². The number of aliphatic carboxylic acids is 3. The van der Waals surface area contributed by atoms with E-state index in [2.05, 4.69) is 15.5 Å². The van der Waals surface area contributed by atoms with Crippen molar-refractivity contribution in [2.75, 3.05) is 78.5 Å². The van der Waals surface area contributed by atoms with Crippen LogP contribution >= 0.6 is 0 Å². The van der Waals surface area contributed by atoms with E-state index in [-0.39, 0.29) is 44.7 Å². The summed E-state index contributed by atoms with van der Waals surface area (Å²) < 4.78 is 0. The molecule has 264 valence electrons. The molecular weight excluding hydrogens is 610 g/mol. The number of carbonyl (C=O) groups excluding carboxylic acids is 4. The van der Waals surface area contributed by atoms with Gasteiger partial charge in [0, 0.05) is 58.8 Å². The summed E-state index contributed by atoms with van der Waals surface area (Å²) in [4.78, 5) is 85.6. The second-order valence-corrected chi connectivity index (χ2v) is 10.9. The third-order valence-electron chi connectivity index (χ3n) is 7.07. The highest BCUT2D eigenvalue weighted by Crippen LogP contribution is 2.04. The fourth-order valence-electron chi connectivity index (χ4n) is 4.58. The summed E-state index contributed by atoms with van der Waals surface area (Å²) in [6, 6.07) is -2.24. The third-order valence-corrected chi connectivity index (χ3v) is 7.07. The van der Waals surface area contributed by atoms with E-state index in [1.807, 2.05) is 16.7 Å². The zero-order valence-corrected chi connectivity index (χ0v) is 26.9. The fourth-order valence-corrected chi connectivity index (χ4v) is 4.58. The third kappa shape index (κ3) is 19.6. The Kier molecular flexibility index (Phi) is 21.7. The Labute approximate surface area is 268 Å². The molecular formula is C28H51N7O11. The van der Waals surface area contributed by atoms with Gasteiger partial charge in [-0.15, -0.1) is 0 Å². The number of carbonyl (C=O) groups is 7. The minimum absolute atomic E-state index is 0.0798. The number of aliphatic hydroxyl groups is 1. The molecule has 0 aromatic carbocycles. The summed E-state index contributed by atoms with van der Waals surface area (Å²) in [6.45, 7) is 9.93. The summed E-state index contributed by atoms with van der Waals surface area (Å²) in [5.74, 6) is -4.60. The highest BCUT2D eigenvalue weighted by molar-refractivity contribution is 5.94. The van der Waals surface area contributed by atoms with Gasteiger partial charge in [-0.2, -0.15) is 0 Å². The molecule has 0 radical (unpaired) electrons. The molecule has 1 saturated heterocycles. The Bertz CT molecular complexity index is 967. The van der Waals surface area contributed by atoms with Crippen LogP contribution in [0.3, 0.4) is 0 Å². The first-order chi connectivity index (χ1) is 21.6. The van der Waals surface area contributed by atoms with Gasteiger partial charge in [0.1, 0.15) is 12.1 Å². The molecule has 46 heavy (non-hydrogen) atoms. The van der Waals surface area contributed by atoms with Gasteiger partial charge in [0.15, 0.2) is 5.78 Å². The van der Waals surface area contributed by atoms with Crippen LogP contribution < -0.4 is 16.4 Å². The van der Waals surface area contributed by atoms with E-state index < -0.39 is 47.9 Å². The number of Topliss-reactive ketones (excluding diaryl/α,β-unsaturated/α-hetero) is 1. The Morgan fingerprint density at radius 2 is 1.15 bits per heavy atom. The van der Waals surface area contributed by atoms with Crippen LogP contribution in [0.1, 0.15) is 40.0 Å². The number of ketones is 1. The van der Waals surface area contributed by atoms with E-state index >= 15 is 0 Å². The predicted octanol–water partition coefficient (Wildman–Crippen LogP) is -3.31. The van der Waals surface area contributed by atoms with Crippen LogP contribution in [0.5, 0.6) is 0 Å². The Hall–Kier alpha value is -3.71. The normalized spacial score (nSPS) is 17.8. The number of hydrogen-bond acceptors (Lipinski definition) is 12. The van der Waals surface area contributed by atoms with E-state index in [9.17, 15) is 38.7 Å². The largest absolute Gasteiger partial charge is 0.480 e. The van der Waals surface area contributed by atoms with Crippen molar-refractivity contribution in [3.05, 3.63) is 0 Å². The molecule has 0 aliphatic carbocycles. The highest BCUT2D eigenvalue weighted by atomic mass is 16.4. The second-order valence-electron chi connectivity index (χ2n) is 10.9. The molecule has 0 saturated carbocycles. The van der Waals surface area contributed by atoms with Crippen molar-refractivity contribution in [3.8, 4) is 0 Å². The van der Waals surface area contributed by atoms with Crippen molar-refractivity contribution < 1.29 is 54.0 Å². The summed E-state index contributed by atoms with van der Waals surface area (Å²) in [7, 11) is 0. The fraction of sp³-hybridized carbons (Fsp3) is 0.750. The molecule has 3 atom stereocenters. The van der Waals surface area contributed by atoms with Crippen LogP contribution in [0, 0.1) is 0 Å². The molecule has 18 heteroatoms. The summed E-state index contributed by atoms with van der Waals surface area (Å²) in [6.07, 6.45) is -0.423. The molecule has 3 amide bonds. The first-order valence-electron chi connectivity index (χ1n) is 15.2. The van der Waals surface area contributed by atoms with Gasteiger partial charge in [0.2, 0.25) is 18.2 Å². The smallest absolute Gasteiger partial charge is 0.317 e. The zero-order chi connectivity index (χ0) is 35.2. The zero-order valence-electron chi connectivity index (χ0n) is 26.9. The van der Waals surface area contributed by atoms with Gasteiger partial charge in [-0.3, -0.25) is 48.3 Å². The average Bonchev–Trinajstić information content (AvgIpc) is 2.94. The first kappa shape index (κ1) is 42.3. The van der Waals surface area contributed by atoms with Gasteiger partial charge in [-0.25, -0.2) is 0 Å². The molecule has 18 nitrogen and oxygen atoms in total. The van der Waals surface area contributed by atoms with Crippen LogP contribution in [0.25, 0.3) is 0 Å². The monoisotopic (exact) mass is 661 g/mol. The van der Waals surface area contributed by atoms with Crippen LogP contribution in [-0.4, -0.2) is 179 Å². The molecule has 0 aromatic heterocycles. The quantitative estimate of drug-likeness (QED) is 0.0753. The Morgan fingerprint density at radius 3 is 1.43 bits per heavy atom. The molecule has 1 fully saturated rings. The van der Waals surface area contributed by atoms with E-state index in [0.29, 0.717) is 58.8 Å². The van der Waals surface area contributed by atoms with E-state index in [1.165, 1.54) is 6.92 Å². The van der Waals surface area contributed by atoms with Crippen molar-refractivity contribution in [2.45, 2.75) is 58.2 Å². The van der Waals surface area contributed by atoms with Crippen LogP contribution in [-0.2, 0) is 33.6 Å². The van der Waals surface area contributed by atoms with Crippen molar-refractivity contribution in [1.82, 2.24) is 30.2 Å². The summed E-state index contributed by atoms with van der Waals surface area (Å²) >= 11 is 0. The maximum Gasteiger partial charge on any atom is 0.317 e. The number of nitrogens with two attached hydrogens (primary N) is 1. The minimum Gasteiger partial charge on any atom is -0.480 e. The van der Waals surface area contributed by atoms with E-state index in [0.717, 1.165) is 6.54 Å². The van der Waals surface area contributed by atoms with Crippen molar-refractivity contribution in [2.24, 2.45) is 5.73 Å². The second kappa shape index (κ2) is 23.6. The number of nitrogens with zero attached hydrogens (tertiary/aromatic N) is 4. The number of primary amides is 1. The molecule has 1 aliphatic rings. The molecule has 8 N–H and O–H groups in total. The standard InChI is InChI=1S/C16H30N4O6.C12H21N3O5/c1-2-17-3-5-18(11-14(21)22)7-9-20(13-16(25)26)10-8-19(6-4-17)12-15(23)24;1-3-4-9(18)11(7(2)17)15-12(20)8(14-6-16)5-10(13)19/h2-13H2,1H3,(H,21,22)(H,23,24)(H,25,26);6-8,11,17H,3-5H2,1-2H3,(H2,13,19)(H,14,16)(H,15,20). The maximum atomic E-state index is 11.9. The van der Waals surface area contributed by atoms with Gasteiger partial charge in [0.25, 0.3) is 0 Å². The summed E-state index contributed by atoms with van der Waals surface area (Å²) in [5.41, 5.74) is 4.97. The van der Waals surface area contributed by atoms with Gasteiger partial charge < -0.3 is 41.7 Å². The molecule has 0 spiro atoms. The molecule has 1 heterocycles. The maximum absolute atomic E-state index is 11.9. The number of likely N-dealkylation sites (N-methyl/N-ethyl adjacent to an activating group) is 1. The number of carboxylic acid groups (broad SMARTS) is 3. The average molecular weight is 662 g/mol. The van der Waals surface area contributed by atoms with Gasteiger partial charge in [-0.05, 0) is 19.9 Å². The first-order valence-corrected chi connectivity index (χ1v) is 15.2. The molecule has 0 aromatic rings. The molecule has 1 aliphatic heterocycles. The minimum atomic E-state index is -1.17. The lowest BCUT2D eigenvalue weighted by Gasteiger charge is -2.32. The number of carboxylic acids is 3. The lowest BCUT2D eigenvalue weighted by atomic mass is 10.0. The van der Waals surface area contributed by atoms with Crippen LogP contribution in [0.2, 0.25) is 0 Å².